The van der Waals surface area contributed by atoms with Crippen LogP contribution in [-0.4, -0.2) is 36.5 Å². The second-order valence-corrected chi connectivity index (χ2v) is 6.11. The van der Waals surface area contributed by atoms with Crippen molar-refractivity contribution in [1.29, 1.82) is 0 Å². The second-order valence-electron chi connectivity index (χ2n) is 4.42. The summed E-state index contributed by atoms with van der Waals surface area (Å²) in [6.45, 7) is 2.87. The number of rotatable bonds is 8. The standard InChI is InChI=1S/C13H19N5O2S/c1-2-14-11-5-3-7-17-13(11)21(19,20)18-8-4-6-12-15-9-10-16-12/h3,5,7,9-10,14,18H,2,4,6,8H2,1H3,(H,15,16). The predicted octanol–water partition coefficient (Wildman–Crippen LogP) is 1.15. The van der Waals surface area contributed by atoms with Crippen molar-refractivity contribution in [2.75, 3.05) is 18.4 Å². The number of hydrogen-bond acceptors (Lipinski definition) is 5. The van der Waals surface area contributed by atoms with Crippen LogP contribution in [0.3, 0.4) is 0 Å². The molecule has 2 aromatic heterocycles. The van der Waals surface area contributed by atoms with Gasteiger partial charge in [-0.3, -0.25) is 0 Å². The van der Waals surface area contributed by atoms with E-state index < -0.39 is 10.0 Å². The Morgan fingerprint density at radius 3 is 2.86 bits per heavy atom. The van der Waals surface area contributed by atoms with Crippen LogP contribution in [0.2, 0.25) is 0 Å². The first-order chi connectivity index (χ1) is 10.1. The number of aromatic nitrogens is 3. The average Bonchev–Trinajstić information content (AvgIpc) is 2.98. The highest BCUT2D eigenvalue weighted by molar-refractivity contribution is 7.89. The quantitative estimate of drug-likeness (QED) is 0.635. The third-order valence-electron chi connectivity index (χ3n) is 2.83. The molecule has 0 aromatic carbocycles. The molecule has 0 bridgehead atoms. The Kier molecular flexibility index (Phi) is 5.29. The molecule has 0 saturated heterocycles. The van der Waals surface area contributed by atoms with Crippen LogP contribution < -0.4 is 10.0 Å². The fourth-order valence-corrected chi connectivity index (χ4v) is 3.07. The summed E-state index contributed by atoms with van der Waals surface area (Å²) in [6, 6.07) is 3.40. The number of sulfonamides is 1. The van der Waals surface area contributed by atoms with Crippen LogP contribution in [-0.2, 0) is 16.4 Å². The lowest BCUT2D eigenvalue weighted by atomic mass is 10.3. The van der Waals surface area contributed by atoms with Crippen LogP contribution in [0.5, 0.6) is 0 Å². The predicted molar refractivity (Wildman–Crippen MR) is 80.5 cm³/mol. The molecule has 7 nitrogen and oxygen atoms in total. The summed E-state index contributed by atoms with van der Waals surface area (Å²) < 4.78 is 27.1. The van der Waals surface area contributed by atoms with Crippen molar-refractivity contribution in [1.82, 2.24) is 19.7 Å². The van der Waals surface area contributed by atoms with Gasteiger partial charge in [0.05, 0.1) is 5.69 Å². The first-order valence-corrected chi connectivity index (χ1v) is 8.28. The van der Waals surface area contributed by atoms with Gasteiger partial charge >= 0.3 is 0 Å². The fourth-order valence-electron chi connectivity index (χ4n) is 1.90. The Bertz CT molecular complexity index is 655. The highest BCUT2D eigenvalue weighted by Crippen LogP contribution is 2.17. The van der Waals surface area contributed by atoms with Crippen LogP contribution in [0.1, 0.15) is 19.2 Å². The zero-order chi connectivity index (χ0) is 15.1. The van der Waals surface area contributed by atoms with Crippen molar-refractivity contribution in [2.45, 2.75) is 24.8 Å². The largest absolute Gasteiger partial charge is 0.383 e. The topological polar surface area (TPSA) is 99.8 Å². The number of nitrogens with one attached hydrogen (secondary N) is 3. The zero-order valence-electron chi connectivity index (χ0n) is 11.8. The van der Waals surface area contributed by atoms with Crippen LogP contribution in [0.4, 0.5) is 5.69 Å². The van der Waals surface area contributed by atoms with E-state index in [1.807, 2.05) is 6.92 Å². The van der Waals surface area contributed by atoms with E-state index in [1.165, 1.54) is 6.20 Å². The van der Waals surface area contributed by atoms with Crippen LogP contribution in [0.25, 0.3) is 0 Å². The molecular formula is C13H19N5O2S. The molecule has 21 heavy (non-hydrogen) atoms. The van der Waals surface area contributed by atoms with Gasteiger partial charge in [0.25, 0.3) is 10.0 Å². The van der Waals surface area contributed by atoms with Gasteiger partial charge in [-0.25, -0.2) is 23.1 Å². The maximum Gasteiger partial charge on any atom is 0.260 e. The van der Waals surface area contributed by atoms with Gasteiger partial charge in [-0.2, -0.15) is 0 Å². The molecule has 2 rings (SSSR count). The van der Waals surface area contributed by atoms with E-state index in [9.17, 15) is 8.42 Å². The summed E-state index contributed by atoms with van der Waals surface area (Å²) in [5.74, 6) is 0.848. The molecular weight excluding hydrogens is 290 g/mol. The van der Waals surface area contributed by atoms with Gasteiger partial charge < -0.3 is 10.3 Å². The Morgan fingerprint density at radius 1 is 1.29 bits per heavy atom. The first-order valence-electron chi connectivity index (χ1n) is 6.80. The normalized spacial score (nSPS) is 11.5. The summed E-state index contributed by atoms with van der Waals surface area (Å²) in [6.07, 6.45) is 6.25. The second kappa shape index (κ2) is 7.19. The zero-order valence-corrected chi connectivity index (χ0v) is 12.7. The third kappa shape index (κ3) is 4.27. The van der Waals surface area contributed by atoms with Crippen molar-refractivity contribution >= 4 is 15.7 Å². The number of anilines is 1. The van der Waals surface area contributed by atoms with Gasteiger partial charge in [-0.1, -0.05) is 0 Å². The van der Waals surface area contributed by atoms with Gasteiger partial charge in [-0.05, 0) is 25.5 Å². The molecule has 0 unspecified atom stereocenters. The number of hydrogen-bond donors (Lipinski definition) is 3. The summed E-state index contributed by atoms with van der Waals surface area (Å²) in [5, 5.41) is 3.03. The molecule has 0 aliphatic rings. The van der Waals surface area contributed by atoms with Crippen molar-refractivity contribution < 1.29 is 8.42 Å². The highest BCUT2D eigenvalue weighted by Gasteiger charge is 2.19. The minimum absolute atomic E-state index is 0.0323. The number of nitrogens with zero attached hydrogens (tertiary/aromatic N) is 2. The molecule has 2 aromatic rings. The van der Waals surface area contributed by atoms with Crippen molar-refractivity contribution in [3.8, 4) is 0 Å². The van der Waals surface area contributed by atoms with E-state index in [0.717, 1.165) is 5.82 Å². The number of pyridine rings is 1. The average molecular weight is 309 g/mol. The van der Waals surface area contributed by atoms with E-state index in [0.29, 0.717) is 31.6 Å². The molecule has 0 aliphatic heterocycles. The van der Waals surface area contributed by atoms with Gasteiger partial charge in [0.15, 0.2) is 5.03 Å². The van der Waals surface area contributed by atoms with Crippen molar-refractivity contribution in [3.63, 3.8) is 0 Å². The molecule has 114 valence electrons. The molecule has 2 heterocycles. The maximum absolute atomic E-state index is 12.3. The first kappa shape index (κ1) is 15.5. The van der Waals surface area contributed by atoms with Crippen molar-refractivity contribution in [2.24, 2.45) is 0 Å². The minimum atomic E-state index is -3.61. The summed E-state index contributed by atoms with van der Waals surface area (Å²) in [5.41, 5.74) is 0.513. The Hall–Kier alpha value is -1.93. The molecule has 0 radical (unpaired) electrons. The number of aryl methyl sites for hydroxylation is 1. The monoisotopic (exact) mass is 309 g/mol. The molecule has 0 atom stereocenters. The highest BCUT2D eigenvalue weighted by atomic mass is 32.2. The van der Waals surface area contributed by atoms with Crippen LogP contribution in [0.15, 0.2) is 35.7 Å². The van der Waals surface area contributed by atoms with Gasteiger partial charge in [0.2, 0.25) is 0 Å². The Morgan fingerprint density at radius 2 is 2.14 bits per heavy atom. The van der Waals surface area contributed by atoms with Crippen molar-refractivity contribution in [3.05, 3.63) is 36.5 Å². The molecule has 0 aliphatic carbocycles. The van der Waals surface area contributed by atoms with E-state index in [2.05, 4.69) is 25.0 Å². The lowest BCUT2D eigenvalue weighted by Gasteiger charge is -2.10. The molecule has 0 spiro atoms. The molecule has 0 saturated carbocycles. The van der Waals surface area contributed by atoms with Crippen LogP contribution >= 0.6 is 0 Å². The lowest BCUT2D eigenvalue weighted by Crippen LogP contribution is -2.27. The lowest BCUT2D eigenvalue weighted by molar-refractivity contribution is 0.575. The van der Waals surface area contributed by atoms with E-state index in [-0.39, 0.29) is 5.03 Å². The maximum atomic E-state index is 12.3. The van der Waals surface area contributed by atoms with Crippen LogP contribution in [0, 0.1) is 0 Å². The molecule has 0 fully saturated rings. The van der Waals surface area contributed by atoms with E-state index >= 15 is 0 Å². The minimum Gasteiger partial charge on any atom is -0.383 e. The summed E-state index contributed by atoms with van der Waals surface area (Å²) >= 11 is 0. The Labute approximate surface area is 124 Å². The van der Waals surface area contributed by atoms with Gasteiger partial charge in [0.1, 0.15) is 5.82 Å². The molecule has 8 heteroatoms. The number of aromatic amines is 1. The third-order valence-corrected chi connectivity index (χ3v) is 4.25. The smallest absolute Gasteiger partial charge is 0.260 e. The van der Waals surface area contributed by atoms with Gasteiger partial charge in [0, 0.05) is 38.1 Å². The van der Waals surface area contributed by atoms with Gasteiger partial charge in [-0.15, -0.1) is 0 Å². The fraction of sp³-hybridized carbons (Fsp3) is 0.385. The molecule has 3 N–H and O–H groups in total. The Balaban J connectivity index is 1.95. The summed E-state index contributed by atoms with van der Waals surface area (Å²) in [7, 11) is -3.61. The SMILES string of the molecule is CCNc1cccnc1S(=O)(=O)NCCCc1ncc[nH]1. The number of imidazole rings is 1. The molecule has 0 amide bonds. The summed E-state index contributed by atoms with van der Waals surface area (Å²) in [4.78, 5) is 11.0. The van der Waals surface area contributed by atoms with E-state index in [4.69, 9.17) is 0 Å². The van der Waals surface area contributed by atoms with E-state index in [1.54, 1.807) is 24.5 Å². The number of H-pyrrole nitrogens is 1.